The molecule has 4 N–H and O–H groups in total. The van der Waals surface area contributed by atoms with Crippen molar-refractivity contribution in [2.24, 2.45) is 0 Å². The van der Waals surface area contributed by atoms with E-state index in [0.717, 1.165) is 25.8 Å². The predicted molar refractivity (Wildman–Crippen MR) is 143 cm³/mol. The van der Waals surface area contributed by atoms with Crippen molar-refractivity contribution < 1.29 is 45.7 Å². The molecule has 0 heterocycles. The van der Waals surface area contributed by atoms with Crippen LogP contribution in [0.4, 0.5) is 0 Å². The van der Waals surface area contributed by atoms with E-state index in [-0.39, 0.29) is 18.3 Å². The molecule has 36 heavy (non-hydrogen) atoms. The quantitative estimate of drug-likeness (QED) is 0.0776. The van der Waals surface area contributed by atoms with Crippen LogP contribution in [0.5, 0.6) is 0 Å². The van der Waals surface area contributed by atoms with Crippen molar-refractivity contribution in [2.75, 3.05) is 40.3 Å². The van der Waals surface area contributed by atoms with Gasteiger partial charge in [-0.25, -0.2) is 4.57 Å². The molecule has 0 radical (unpaired) electrons. The van der Waals surface area contributed by atoms with E-state index in [1.54, 1.807) is 0 Å². The number of nitrogens with one attached hydrogen (secondary N) is 1. The van der Waals surface area contributed by atoms with Gasteiger partial charge < -0.3 is 37.1 Å². The second-order valence-corrected chi connectivity index (χ2v) is 11.9. The molecule has 10 heteroatoms. The number of rotatable bonds is 25. The van der Waals surface area contributed by atoms with Crippen molar-refractivity contribution in [3.05, 3.63) is 0 Å². The van der Waals surface area contributed by atoms with Gasteiger partial charge in [0.25, 0.3) is 0 Å². The second kappa shape index (κ2) is 23.9. The monoisotopic (exact) mass is 558 g/mol. The molecule has 0 aliphatic carbocycles. The number of nitrogens with zero attached hydrogens (tertiary/aromatic N) is 1. The number of carbonyl (C=O) groups is 1. The van der Waals surface area contributed by atoms with Crippen molar-refractivity contribution in [1.82, 2.24) is 5.32 Å². The average Bonchev–Trinajstić information content (AvgIpc) is 2.77. The molecule has 0 saturated heterocycles. The highest BCUT2D eigenvalue weighted by Crippen LogP contribution is 2.35. The summed E-state index contributed by atoms with van der Waals surface area (Å²) in [7, 11) is -0.708. The lowest BCUT2D eigenvalue weighted by Crippen LogP contribution is -3.00. The summed E-state index contributed by atoms with van der Waals surface area (Å²) >= 11 is 0. The van der Waals surface area contributed by atoms with E-state index in [1.807, 2.05) is 14.1 Å². The summed E-state index contributed by atoms with van der Waals surface area (Å²) in [5, 5.41) is 12.9. The number of likely N-dealkylation sites (N-methyl/N-ethyl adjacent to an activating group) is 1. The lowest BCUT2D eigenvalue weighted by atomic mass is 10.0. The zero-order valence-electron chi connectivity index (χ0n) is 23.3. The standard InChI is InChI=1S/C26H55N2O6P.ClH/c1-4-5-6-7-8-9-10-11-12-13-14-15-16-17-18-20-26(30)27-21-19-22-28(2,3)23-25(29)24-34-35(31,32)33;/h25,29H,4-24H2,1-3H3,(H2-,27,30,31,32,33);1H. The first-order valence-corrected chi connectivity index (χ1v) is 15.6. The summed E-state index contributed by atoms with van der Waals surface area (Å²) in [5.41, 5.74) is 0. The van der Waals surface area contributed by atoms with E-state index in [2.05, 4.69) is 16.8 Å². The molecule has 1 unspecified atom stereocenters. The highest BCUT2D eigenvalue weighted by atomic mass is 35.5. The minimum atomic E-state index is -4.56. The molecule has 0 aliphatic heterocycles. The number of aliphatic hydroxyl groups is 1. The summed E-state index contributed by atoms with van der Waals surface area (Å²) in [6, 6.07) is 0. The van der Waals surface area contributed by atoms with Gasteiger partial charge in [-0.1, -0.05) is 96.8 Å². The lowest BCUT2D eigenvalue weighted by molar-refractivity contribution is -0.893. The summed E-state index contributed by atoms with van der Waals surface area (Å²) in [5.74, 6) is 0.0973. The largest absolute Gasteiger partial charge is 1.00 e. The molecular formula is C26H56ClN2O6P. The zero-order chi connectivity index (χ0) is 26.4. The van der Waals surface area contributed by atoms with Gasteiger partial charge in [0.05, 0.1) is 27.2 Å². The minimum Gasteiger partial charge on any atom is -1.00 e. The molecule has 0 aromatic heterocycles. The van der Waals surface area contributed by atoms with E-state index >= 15 is 0 Å². The number of hydrogen-bond donors (Lipinski definition) is 4. The van der Waals surface area contributed by atoms with Crippen LogP contribution >= 0.6 is 7.82 Å². The molecule has 0 aromatic rings. The third-order valence-electron chi connectivity index (χ3n) is 6.41. The van der Waals surface area contributed by atoms with E-state index in [0.29, 0.717) is 24.0 Å². The summed E-state index contributed by atoms with van der Waals surface area (Å²) in [4.78, 5) is 29.4. The number of aliphatic hydroxyl groups excluding tert-OH is 1. The number of halogens is 1. The Hall–Kier alpha value is -0.210. The van der Waals surface area contributed by atoms with Gasteiger partial charge in [-0.05, 0) is 6.42 Å². The molecular weight excluding hydrogens is 503 g/mol. The molecule has 8 nitrogen and oxygen atoms in total. The van der Waals surface area contributed by atoms with Crippen molar-refractivity contribution in [3.63, 3.8) is 0 Å². The number of phosphoric acid groups is 1. The van der Waals surface area contributed by atoms with Gasteiger partial charge in [-0.15, -0.1) is 0 Å². The predicted octanol–water partition coefficient (Wildman–Crippen LogP) is 2.30. The Morgan fingerprint density at radius 1 is 0.833 bits per heavy atom. The average molecular weight is 559 g/mol. The molecule has 1 atom stereocenters. The van der Waals surface area contributed by atoms with Crippen LogP contribution in [0.3, 0.4) is 0 Å². The van der Waals surface area contributed by atoms with Crippen LogP contribution in [0.15, 0.2) is 0 Å². The number of amides is 1. The molecule has 0 fully saturated rings. The van der Waals surface area contributed by atoms with Crippen molar-refractivity contribution in [1.29, 1.82) is 0 Å². The molecule has 0 saturated carbocycles. The number of unbranched alkanes of at least 4 members (excludes halogenated alkanes) is 14. The molecule has 0 spiro atoms. The summed E-state index contributed by atoms with van der Waals surface area (Å²) in [6.45, 7) is 3.50. The molecule has 0 bridgehead atoms. The number of hydrogen-bond acceptors (Lipinski definition) is 4. The molecule has 0 aromatic carbocycles. The highest BCUT2D eigenvalue weighted by molar-refractivity contribution is 7.46. The second-order valence-electron chi connectivity index (χ2n) is 10.7. The Labute approximate surface area is 227 Å². The molecule has 0 aliphatic rings. The number of carbonyl (C=O) groups excluding carboxylic acids is 1. The zero-order valence-corrected chi connectivity index (χ0v) is 24.9. The number of quaternary nitrogens is 1. The van der Waals surface area contributed by atoms with Gasteiger partial charge in [-0.2, -0.15) is 0 Å². The van der Waals surface area contributed by atoms with E-state index in [4.69, 9.17) is 9.79 Å². The maximum Gasteiger partial charge on any atom is 0.469 e. The fourth-order valence-electron chi connectivity index (χ4n) is 4.38. The first-order chi connectivity index (χ1) is 16.6. The SMILES string of the molecule is CCCCCCCCCCCCCCCCCC(=O)NCCC[N+](C)(C)CC(O)COP(=O)(O)O.[Cl-]. The fraction of sp³-hybridized carbons (Fsp3) is 0.962. The Bertz CT molecular complexity index is 563. The molecule has 0 rings (SSSR count). The van der Waals surface area contributed by atoms with Crippen molar-refractivity contribution in [3.8, 4) is 0 Å². The van der Waals surface area contributed by atoms with Gasteiger partial charge in [-0.3, -0.25) is 9.32 Å². The van der Waals surface area contributed by atoms with Gasteiger partial charge in [0.1, 0.15) is 12.6 Å². The molecule has 218 valence electrons. The fourth-order valence-corrected chi connectivity index (χ4v) is 4.74. The highest BCUT2D eigenvalue weighted by Gasteiger charge is 2.23. The van der Waals surface area contributed by atoms with Crippen LogP contribution < -0.4 is 17.7 Å². The van der Waals surface area contributed by atoms with Gasteiger partial charge in [0.15, 0.2) is 0 Å². The van der Waals surface area contributed by atoms with Crippen LogP contribution in [-0.2, 0) is 13.9 Å². The van der Waals surface area contributed by atoms with Crippen molar-refractivity contribution in [2.45, 2.75) is 122 Å². The van der Waals surface area contributed by atoms with Crippen LogP contribution in [0.2, 0.25) is 0 Å². The minimum absolute atomic E-state index is 0. The normalized spacial score (nSPS) is 12.8. The number of phosphoric ester groups is 1. The Balaban J connectivity index is 0. The van der Waals surface area contributed by atoms with Gasteiger partial charge in [0.2, 0.25) is 5.91 Å². The lowest BCUT2D eigenvalue weighted by Gasteiger charge is -2.31. The summed E-state index contributed by atoms with van der Waals surface area (Å²) < 4.78 is 15.5. The first-order valence-electron chi connectivity index (χ1n) is 14.0. The third kappa shape index (κ3) is 28.4. The van der Waals surface area contributed by atoms with Crippen LogP contribution in [0.25, 0.3) is 0 Å². The molecule has 1 amide bonds. The smallest absolute Gasteiger partial charge is 0.469 e. The van der Waals surface area contributed by atoms with Crippen molar-refractivity contribution >= 4 is 13.7 Å². The maximum atomic E-state index is 12.0. The Kier molecular flexibility index (Phi) is 25.2. The van der Waals surface area contributed by atoms with Crippen LogP contribution in [-0.4, -0.2) is 71.7 Å². The van der Waals surface area contributed by atoms with Crippen LogP contribution in [0, 0.1) is 0 Å². The maximum absolute atomic E-state index is 12.0. The van der Waals surface area contributed by atoms with E-state index < -0.39 is 20.5 Å². The third-order valence-corrected chi connectivity index (χ3v) is 6.90. The Morgan fingerprint density at radius 3 is 1.72 bits per heavy atom. The topological polar surface area (TPSA) is 116 Å². The van der Waals surface area contributed by atoms with E-state index in [9.17, 15) is 14.5 Å². The van der Waals surface area contributed by atoms with Gasteiger partial charge in [0, 0.05) is 19.4 Å². The summed E-state index contributed by atoms with van der Waals surface area (Å²) in [6.07, 6.45) is 20.1. The first kappa shape index (κ1) is 37.9. The van der Waals surface area contributed by atoms with Gasteiger partial charge >= 0.3 is 7.82 Å². The van der Waals surface area contributed by atoms with E-state index in [1.165, 1.54) is 83.5 Å². The Morgan fingerprint density at radius 2 is 1.28 bits per heavy atom. The van der Waals surface area contributed by atoms with Crippen LogP contribution in [0.1, 0.15) is 116 Å².